The Hall–Kier alpha value is -1.62. The van der Waals surface area contributed by atoms with Gasteiger partial charge in [0.1, 0.15) is 0 Å². The van der Waals surface area contributed by atoms with Gasteiger partial charge >= 0.3 is 0 Å². The number of allylic oxidation sites excluding steroid dienone is 1. The van der Waals surface area contributed by atoms with E-state index in [1.807, 2.05) is 22.4 Å². The van der Waals surface area contributed by atoms with E-state index in [9.17, 15) is 9.59 Å². The summed E-state index contributed by atoms with van der Waals surface area (Å²) in [5, 5.41) is 5.04. The van der Waals surface area contributed by atoms with Gasteiger partial charge in [0.25, 0.3) is 5.91 Å². The molecule has 1 aromatic rings. The van der Waals surface area contributed by atoms with Crippen LogP contribution in [0.5, 0.6) is 0 Å². The molecule has 2 aliphatic carbocycles. The van der Waals surface area contributed by atoms with Crippen molar-refractivity contribution in [3.05, 3.63) is 34.2 Å². The van der Waals surface area contributed by atoms with Crippen molar-refractivity contribution in [3.8, 4) is 0 Å². The van der Waals surface area contributed by atoms with Crippen LogP contribution in [0.4, 0.5) is 0 Å². The summed E-state index contributed by atoms with van der Waals surface area (Å²) < 4.78 is 0. The van der Waals surface area contributed by atoms with Crippen LogP contribution in [0.1, 0.15) is 48.2 Å². The molecule has 122 valence electrons. The highest BCUT2D eigenvalue weighted by atomic mass is 32.1. The Labute approximate surface area is 140 Å². The van der Waals surface area contributed by atoms with Crippen LogP contribution in [0.3, 0.4) is 0 Å². The number of thiophene rings is 1. The summed E-state index contributed by atoms with van der Waals surface area (Å²) in [6.45, 7) is 1.52. The van der Waals surface area contributed by atoms with Gasteiger partial charge in [-0.25, -0.2) is 0 Å². The second-order valence-electron chi connectivity index (χ2n) is 7.02. The van der Waals surface area contributed by atoms with Crippen LogP contribution in [0.15, 0.2) is 29.3 Å². The van der Waals surface area contributed by atoms with Gasteiger partial charge in [-0.05, 0) is 49.5 Å². The lowest BCUT2D eigenvalue weighted by Gasteiger charge is -2.42. The molecule has 1 atom stereocenters. The van der Waals surface area contributed by atoms with E-state index in [0.717, 1.165) is 30.7 Å². The van der Waals surface area contributed by atoms with Gasteiger partial charge in [0, 0.05) is 30.6 Å². The van der Waals surface area contributed by atoms with E-state index < -0.39 is 0 Å². The molecule has 0 spiro atoms. The standard InChI is InChI=1S/C18H22N2O2S/c21-16-7-9-18(12-19-17(22)14-3-2-10-23-14)8-1-4-15(18)20(16)11-13-5-6-13/h2-4,10,13H,1,5-9,11-12H2,(H,19,22). The molecule has 1 aliphatic heterocycles. The monoisotopic (exact) mass is 330 g/mol. The van der Waals surface area contributed by atoms with E-state index in [4.69, 9.17) is 0 Å². The minimum Gasteiger partial charge on any atom is -0.350 e. The summed E-state index contributed by atoms with van der Waals surface area (Å²) in [4.78, 5) is 27.4. The van der Waals surface area contributed by atoms with Gasteiger partial charge in [0.15, 0.2) is 0 Å². The summed E-state index contributed by atoms with van der Waals surface area (Å²) in [7, 11) is 0. The van der Waals surface area contributed by atoms with E-state index in [0.29, 0.717) is 18.9 Å². The minimum atomic E-state index is -0.0320. The molecule has 0 bridgehead atoms. The summed E-state index contributed by atoms with van der Waals surface area (Å²) in [5.41, 5.74) is 1.16. The maximum absolute atomic E-state index is 12.4. The number of fused-ring (bicyclic) bond motifs is 1. The van der Waals surface area contributed by atoms with Crippen molar-refractivity contribution in [1.82, 2.24) is 10.2 Å². The van der Waals surface area contributed by atoms with Crippen LogP contribution < -0.4 is 5.32 Å². The molecule has 1 saturated heterocycles. The SMILES string of the molecule is O=C(NCC12CCC=C1N(CC1CC1)C(=O)CC2)c1cccs1. The van der Waals surface area contributed by atoms with E-state index in [1.54, 1.807) is 0 Å². The summed E-state index contributed by atoms with van der Waals surface area (Å²) in [6.07, 6.45) is 8.26. The number of amides is 2. The molecular weight excluding hydrogens is 308 g/mol. The molecule has 1 N–H and O–H groups in total. The molecule has 1 saturated carbocycles. The van der Waals surface area contributed by atoms with Crippen LogP contribution >= 0.6 is 11.3 Å². The molecular formula is C18H22N2O2S. The Morgan fingerprint density at radius 3 is 3.00 bits per heavy atom. The quantitative estimate of drug-likeness (QED) is 0.901. The number of likely N-dealkylation sites (tertiary alicyclic amines) is 1. The fourth-order valence-electron chi connectivity index (χ4n) is 3.87. The highest BCUT2D eigenvalue weighted by Crippen LogP contribution is 2.48. The van der Waals surface area contributed by atoms with E-state index in [1.165, 1.54) is 29.9 Å². The van der Waals surface area contributed by atoms with E-state index >= 15 is 0 Å². The highest BCUT2D eigenvalue weighted by Gasteiger charge is 2.46. The molecule has 0 radical (unpaired) electrons. The lowest BCUT2D eigenvalue weighted by atomic mass is 9.76. The van der Waals surface area contributed by atoms with Crippen LogP contribution in [0.25, 0.3) is 0 Å². The van der Waals surface area contributed by atoms with E-state index in [-0.39, 0.29) is 17.2 Å². The zero-order valence-corrected chi connectivity index (χ0v) is 14.0. The summed E-state index contributed by atoms with van der Waals surface area (Å²) >= 11 is 1.47. The molecule has 3 aliphatic rings. The molecule has 2 amide bonds. The van der Waals surface area contributed by atoms with Crippen LogP contribution in [0, 0.1) is 11.3 Å². The lowest BCUT2D eigenvalue weighted by molar-refractivity contribution is -0.133. The van der Waals surface area contributed by atoms with Crippen LogP contribution in [-0.2, 0) is 4.79 Å². The van der Waals surface area contributed by atoms with Gasteiger partial charge < -0.3 is 10.2 Å². The van der Waals surface area contributed by atoms with Crippen molar-refractivity contribution in [2.75, 3.05) is 13.1 Å². The minimum absolute atomic E-state index is 0.00580. The Bertz CT molecular complexity index is 648. The Morgan fingerprint density at radius 2 is 2.26 bits per heavy atom. The molecule has 2 fully saturated rings. The predicted octanol–water partition coefficient (Wildman–Crippen LogP) is 3.17. The Morgan fingerprint density at radius 1 is 1.39 bits per heavy atom. The summed E-state index contributed by atoms with van der Waals surface area (Å²) in [5.74, 6) is 0.966. The van der Waals surface area contributed by atoms with Gasteiger partial charge in [-0.1, -0.05) is 12.1 Å². The van der Waals surface area contributed by atoms with Gasteiger partial charge in [0.05, 0.1) is 4.88 Å². The third-order valence-corrected chi connectivity index (χ3v) is 6.25. The molecule has 2 heterocycles. The maximum atomic E-state index is 12.4. The Kier molecular flexibility index (Phi) is 3.76. The number of rotatable bonds is 5. The van der Waals surface area contributed by atoms with Crippen molar-refractivity contribution >= 4 is 23.2 Å². The number of hydrogen-bond donors (Lipinski definition) is 1. The topological polar surface area (TPSA) is 49.4 Å². The number of nitrogens with zero attached hydrogens (tertiary/aromatic N) is 1. The van der Waals surface area contributed by atoms with Crippen LogP contribution in [-0.4, -0.2) is 29.8 Å². The third-order valence-electron chi connectivity index (χ3n) is 5.38. The average Bonchev–Trinajstić information content (AvgIpc) is 3.04. The van der Waals surface area contributed by atoms with E-state index in [2.05, 4.69) is 11.4 Å². The maximum Gasteiger partial charge on any atom is 0.261 e. The van der Waals surface area contributed by atoms with Gasteiger partial charge in [-0.3, -0.25) is 9.59 Å². The number of hydrogen-bond acceptors (Lipinski definition) is 3. The zero-order valence-electron chi connectivity index (χ0n) is 13.2. The zero-order chi connectivity index (χ0) is 15.9. The summed E-state index contributed by atoms with van der Waals surface area (Å²) in [6, 6.07) is 3.75. The van der Waals surface area contributed by atoms with Crippen molar-refractivity contribution in [2.24, 2.45) is 11.3 Å². The number of nitrogens with one attached hydrogen (secondary N) is 1. The first-order chi connectivity index (χ1) is 11.2. The second-order valence-corrected chi connectivity index (χ2v) is 7.96. The van der Waals surface area contributed by atoms with Gasteiger partial charge in [-0.2, -0.15) is 0 Å². The fourth-order valence-corrected chi connectivity index (χ4v) is 4.51. The number of piperidine rings is 1. The first-order valence-corrected chi connectivity index (χ1v) is 9.39. The molecule has 23 heavy (non-hydrogen) atoms. The molecule has 4 nitrogen and oxygen atoms in total. The molecule has 0 aromatic carbocycles. The highest BCUT2D eigenvalue weighted by molar-refractivity contribution is 7.12. The molecule has 1 aromatic heterocycles. The number of carbonyl (C=O) groups excluding carboxylic acids is 2. The molecule has 1 unspecified atom stereocenters. The largest absolute Gasteiger partial charge is 0.350 e. The van der Waals surface area contributed by atoms with Gasteiger partial charge in [-0.15, -0.1) is 11.3 Å². The number of carbonyl (C=O) groups is 2. The molecule has 4 rings (SSSR count). The van der Waals surface area contributed by atoms with Crippen molar-refractivity contribution in [1.29, 1.82) is 0 Å². The second kappa shape index (κ2) is 5.78. The first-order valence-electron chi connectivity index (χ1n) is 8.51. The van der Waals surface area contributed by atoms with Gasteiger partial charge in [0.2, 0.25) is 5.91 Å². The smallest absolute Gasteiger partial charge is 0.261 e. The third kappa shape index (κ3) is 2.82. The fraction of sp³-hybridized carbons (Fsp3) is 0.556. The van der Waals surface area contributed by atoms with Crippen molar-refractivity contribution in [2.45, 2.75) is 38.5 Å². The van der Waals surface area contributed by atoms with Crippen molar-refractivity contribution < 1.29 is 9.59 Å². The Balaban J connectivity index is 1.48. The first kappa shape index (κ1) is 14.9. The van der Waals surface area contributed by atoms with Crippen LogP contribution in [0.2, 0.25) is 0 Å². The average molecular weight is 330 g/mol. The molecule has 5 heteroatoms. The predicted molar refractivity (Wildman–Crippen MR) is 90.1 cm³/mol. The normalized spacial score (nSPS) is 26.9. The van der Waals surface area contributed by atoms with Crippen molar-refractivity contribution in [3.63, 3.8) is 0 Å². The lowest BCUT2D eigenvalue weighted by Crippen LogP contribution is -2.48.